The van der Waals surface area contributed by atoms with Gasteiger partial charge in [0.05, 0.1) is 0 Å². The number of anilines is 2. The van der Waals surface area contributed by atoms with Crippen molar-refractivity contribution in [2.75, 3.05) is 5.32 Å². The van der Waals surface area contributed by atoms with Gasteiger partial charge in [-0.05, 0) is 24.3 Å². The second-order valence-electron chi connectivity index (χ2n) is 3.01. The van der Waals surface area contributed by atoms with Crippen molar-refractivity contribution in [3.8, 4) is 0 Å². The molecule has 0 saturated carbocycles. The minimum atomic E-state index is -0.239. The zero-order chi connectivity index (χ0) is 9.97. The highest BCUT2D eigenvalue weighted by Gasteiger charge is 1.97. The number of aryl methyl sites for hydroxylation is 1. The Kier molecular flexibility index (Phi) is 2.18. The van der Waals surface area contributed by atoms with E-state index < -0.39 is 0 Å². The number of nitrogens with zero attached hydrogens (tertiary/aromatic N) is 2. The molecule has 0 unspecified atom stereocenters. The fourth-order valence-electron chi connectivity index (χ4n) is 1.16. The van der Waals surface area contributed by atoms with Gasteiger partial charge in [0.25, 0.3) is 0 Å². The van der Waals surface area contributed by atoms with Gasteiger partial charge in [-0.15, -0.1) is 0 Å². The van der Waals surface area contributed by atoms with Crippen LogP contribution in [0.5, 0.6) is 0 Å². The molecule has 3 nitrogen and oxygen atoms in total. The Balaban J connectivity index is 2.15. The van der Waals surface area contributed by atoms with Crippen LogP contribution in [0.15, 0.2) is 36.5 Å². The van der Waals surface area contributed by atoms with E-state index >= 15 is 0 Å². The highest BCUT2D eigenvalue weighted by atomic mass is 19.1. The molecule has 14 heavy (non-hydrogen) atoms. The van der Waals surface area contributed by atoms with E-state index in [1.807, 2.05) is 19.3 Å². The van der Waals surface area contributed by atoms with Crippen LogP contribution in [0.2, 0.25) is 0 Å². The fraction of sp³-hybridized carbons (Fsp3) is 0.100. The molecule has 0 aliphatic heterocycles. The van der Waals surface area contributed by atoms with Gasteiger partial charge in [0.1, 0.15) is 5.82 Å². The van der Waals surface area contributed by atoms with E-state index in [-0.39, 0.29) is 5.82 Å². The molecule has 1 heterocycles. The predicted molar refractivity (Wildman–Crippen MR) is 52.9 cm³/mol. The third-order valence-electron chi connectivity index (χ3n) is 1.83. The van der Waals surface area contributed by atoms with E-state index in [2.05, 4.69) is 10.4 Å². The van der Waals surface area contributed by atoms with E-state index in [9.17, 15) is 4.39 Å². The molecule has 2 aromatic rings. The van der Waals surface area contributed by atoms with Gasteiger partial charge in [0.2, 0.25) is 0 Å². The summed E-state index contributed by atoms with van der Waals surface area (Å²) in [5.41, 5.74) is 0.824. The summed E-state index contributed by atoms with van der Waals surface area (Å²) < 4.78 is 14.3. The first kappa shape index (κ1) is 8.74. The summed E-state index contributed by atoms with van der Waals surface area (Å²) in [6.45, 7) is 0. The Hall–Kier alpha value is -1.84. The van der Waals surface area contributed by atoms with Gasteiger partial charge in [-0.1, -0.05) is 0 Å². The normalized spacial score (nSPS) is 10.1. The maximum absolute atomic E-state index is 12.6. The number of hydrogen-bond donors (Lipinski definition) is 1. The van der Waals surface area contributed by atoms with Crippen molar-refractivity contribution in [2.24, 2.45) is 7.05 Å². The summed E-state index contributed by atoms with van der Waals surface area (Å²) in [7, 11) is 1.84. The molecule has 0 aliphatic carbocycles. The smallest absolute Gasteiger partial charge is 0.152 e. The van der Waals surface area contributed by atoms with E-state index in [4.69, 9.17) is 0 Å². The number of benzene rings is 1. The molecule has 1 N–H and O–H groups in total. The second kappa shape index (κ2) is 3.49. The molecular formula is C10H10FN3. The second-order valence-corrected chi connectivity index (χ2v) is 3.01. The van der Waals surface area contributed by atoms with Crippen molar-refractivity contribution in [1.82, 2.24) is 9.78 Å². The number of aromatic nitrogens is 2. The molecule has 0 radical (unpaired) electrons. The molecule has 0 spiro atoms. The molecule has 2 rings (SSSR count). The van der Waals surface area contributed by atoms with Crippen LogP contribution in [0, 0.1) is 5.82 Å². The first-order valence-electron chi connectivity index (χ1n) is 4.26. The lowest BCUT2D eigenvalue weighted by molar-refractivity contribution is 0.628. The number of rotatable bonds is 2. The molecule has 1 aromatic carbocycles. The largest absolute Gasteiger partial charge is 0.339 e. The summed E-state index contributed by atoms with van der Waals surface area (Å²) in [6, 6.07) is 8.01. The highest BCUT2D eigenvalue weighted by molar-refractivity contribution is 5.55. The zero-order valence-corrected chi connectivity index (χ0v) is 7.74. The number of halogens is 1. The molecule has 0 amide bonds. The van der Waals surface area contributed by atoms with E-state index in [0.29, 0.717) is 0 Å². The highest BCUT2D eigenvalue weighted by Crippen LogP contribution is 2.14. The van der Waals surface area contributed by atoms with Crippen molar-refractivity contribution >= 4 is 11.5 Å². The molecule has 0 aliphatic rings. The quantitative estimate of drug-likeness (QED) is 0.789. The SMILES string of the molecule is Cn1ccc(Nc2ccc(F)cc2)n1. The summed E-state index contributed by atoms with van der Waals surface area (Å²) >= 11 is 0. The monoisotopic (exact) mass is 191 g/mol. The molecule has 4 heteroatoms. The Labute approximate surface area is 81.2 Å². The van der Waals surface area contributed by atoms with Crippen LogP contribution >= 0.6 is 0 Å². The lowest BCUT2D eigenvalue weighted by Crippen LogP contribution is -1.93. The van der Waals surface area contributed by atoms with Gasteiger partial charge < -0.3 is 5.32 Å². The van der Waals surface area contributed by atoms with Gasteiger partial charge in [0, 0.05) is 25.0 Å². The number of hydrogen-bond acceptors (Lipinski definition) is 2. The molecule has 0 saturated heterocycles. The predicted octanol–water partition coefficient (Wildman–Crippen LogP) is 2.30. The van der Waals surface area contributed by atoms with Gasteiger partial charge >= 0.3 is 0 Å². The third-order valence-corrected chi connectivity index (χ3v) is 1.83. The van der Waals surface area contributed by atoms with Crippen LogP contribution in [0.1, 0.15) is 0 Å². The van der Waals surface area contributed by atoms with Crippen LogP contribution in [-0.2, 0) is 7.05 Å². The number of nitrogens with one attached hydrogen (secondary N) is 1. The Morgan fingerprint density at radius 2 is 1.93 bits per heavy atom. The van der Waals surface area contributed by atoms with Crippen molar-refractivity contribution in [2.45, 2.75) is 0 Å². The molecule has 1 aromatic heterocycles. The Morgan fingerprint density at radius 1 is 1.21 bits per heavy atom. The van der Waals surface area contributed by atoms with Crippen LogP contribution < -0.4 is 5.32 Å². The molecular weight excluding hydrogens is 181 g/mol. The third kappa shape index (κ3) is 1.90. The summed E-state index contributed by atoms with van der Waals surface area (Å²) in [5, 5.41) is 7.19. The summed E-state index contributed by atoms with van der Waals surface area (Å²) in [5.74, 6) is 0.510. The average molecular weight is 191 g/mol. The topological polar surface area (TPSA) is 29.9 Å². The lowest BCUT2D eigenvalue weighted by atomic mass is 10.3. The summed E-state index contributed by atoms with van der Waals surface area (Å²) in [4.78, 5) is 0. The zero-order valence-electron chi connectivity index (χ0n) is 7.74. The van der Waals surface area contributed by atoms with Gasteiger partial charge in [-0.3, -0.25) is 4.68 Å². The van der Waals surface area contributed by atoms with Crippen molar-refractivity contribution in [1.29, 1.82) is 0 Å². The Morgan fingerprint density at radius 3 is 2.50 bits per heavy atom. The van der Waals surface area contributed by atoms with Crippen molar-refractivity contribution in [3.63, 3.8) is 0 Å². The first-order chi connectivity index (χ1) is 6.74. The van der Waals surface area contributed by atoms with Crippen LogP contribution in [0.25, 0.3) is 0 Å². The van der Waals surface area contributed by atoms with Crippen LogP contribution in [-0.4, -0.2) is 9.78 Å². The van der Waals surface area contributed by atoms with Crippen molar-refractivity contribution < 1.29 is 4.39 Å². The lowest BCUT2D eigenvalue weighted by Gasteiger charge is -2.01. The molecule has 0 atom stereocenters. The molecule has 0 fully saturated rings. The molecule has 0 bridgehead atoms. The van der Waals surface area contributed by atoms with E-state index in [0.717, 1.165) is 11.5 Å². The maximum atomic E-state index is 12.6. The average Bonchev–Trinajstić information content (AvgIpc) is 2.56. The van der Waals surface area contributed by atoms with Crippen LogP contribution in [0.4, 0.5) is 15.9 Å². The van der Waals surface area contributed by atoms with E-state index in [1.165, 1.54) is 12.1 Å². The van der Waals surface area contributed by atoms with Gasteiger partial charge in [-0.2, -0.15) is 5.10 Å². The molecule has 72 valence electrons. The Bertz CT molecular complexity index is 419. The fourth-order valence-corrected chi connectivity index (χ4v) is 1.16. The first-order valence-corrected chi connectivity index (χ1v) is 4.26. The van der Waals surface area contributed by atoms with Gasteiger partial charge in [0.15, 0.2) is 5.82 Å². The summed E-state index contributed by atoms with van der Waals surface area (Å²) in [6.07, 6.45) is 1.84. The minimum absolute atomic E-state index is 0.239. The van der Waals surface area contributed by atoms with Crippen LogP contribution in [0.3, 0.4) is 0 Å². The minimum Gasteiger partial charge on any atom is -0.339 e. The maximum Gasteiger partial charge on any atom is 0.152 e. The van der Waals surface area contributed by atoms with E-state index in [1.54, 1.807) is 16.8 Å². The standard InChI is InChI=1S/C10H10FN3/c1-14-7-6-10(13-14)12-9-4-2-8(11)3-5-9/h2-7H,1H3,(H,12,13). The van der Waals surface area contributed by atoms with Crippen molar-refractivity contribution in [3.05, 3.63) is 42.3 Å². The van der Waals surface area contributed by atoms with Gasteiger partial charge in [-0.25, -0.2) is 4.39 Å².